The number of hydrogen-bond donors (Lipinski definition) is 2. The van der Waals surface area contributed by atoms with Crippen LogP contribution >= 0.6 is 0 Å². The minimum Gasteiger partial charge on any atom is -0.381 e. The summed E-state index contributed by atoms with van der Waals surface area (Å²) in [4.78, 5) is 20.4. The van der Waals surface area contributed by atoms with Gasteiger partial charge in [-0.15, -0.1) is 0 Å². The lowest BCUT2D eigenvalue weighted by atomic mass is 10.0. The zero-order valence-electron chi connectivity index (χ0n) is 14.8. The van der Waals surface area contributed by atoms with Crippen LogP contribution in [0.2, 0.25) is 0 Å². The number of carbonyl (C=O) groups excluding carboxylic acids is 1. The number of halogens is 3. The number of H-pyrrole nitrogens is 1. The highest BCUT2D eigenvalue weighted by atomic mass is 19.4. The maximum absolute atomic E-state index is 13.4. The second-order valence-corrected chi connectivity index (χ2v) is 6.29. The molecule has 1 aliphatic heterocycles. The minimum absolute atomic E-state index is 0.0422. The van der Waals surface area contributed by atoms with Crippen molar-refractivity contribution < 1.29 is 22.7 Å². The smallest absolute Gasteiger partial charge is 0.381 e. The third-order valence-corrected chi connectivity index (χ3v) is 4.74. The Morgan fingerprint density at radius 1 is 1.56 bits per heavy atom. The van der Waals surface area contributed by atoms with Crippen molar-refractivity contribution in [3.8, 4) is 0 Å². The number of nitrogens with one attached hydrogen (secondary N) is 2. The van der Waals surface area contributed by atoms with Crippen LogP contribution in [0.1, 0.15) is 18.9 Å². The Bertz CT molecular complexity index is 834. The van der Waals surface area contributed by atoms with E-state index in [0.717, 1.165) is 6.20 Å². The van der Waals surface area contributed by atoms with E-state index in [9.17, 15) is 18.0 Å². The Morgan fingerprint density at radius 2 is 2.33 bits per heavy atom. The summed E-state index contributed by atoms with van der Waals surface area (Å²) >= 11 is 0. The van der Waals surface area contributed by atoms with Gasteiger partial charge in [0.25, 0.3) is 0 Å². The first-order chi connectivity index (χ1) is 12.9. The van der Waals surface area contributed by atoms with Crippen LogP contribution in [0.5, 0.6) is 0 Å². The van der Waals surface area contributed by atoms with Crippen LogP contribution in [0.3, 0.4) is 0 Å². The molecule has 6 nitrogen and oxygen atoms in total. The molecule has 1 fully saturated rings. The molecule has 2 aromatic rings. The number of pyridine rings is 1. The number of nitrogens with zero attached hydrogens (tertiary/aromatic N) is 2. The second kappa shape index (κ2) is 7.59. The molecule has 0 bridgehead atoms. The summed E-state index contributed by atoms with van der Waals surface area (Å²) in [6.45, 7) is 6.31. The standard InChI is InChI=1S/C18H21F3N4O2/c1-3-13-14(27-8-7-25(13)15(26)4-2)10-23-16-11-5-6-22-17(11)24-9-12(16)18(19,20)21/h4-6,9,13-14H,2-3,7-8,10H2,1H3,(H2,22,23,24)/t13-,14+/m0/s1. The van der Waals surface area contributed by atoms with E-state index < -0.39 is 17.8 Å². The lowest BCUT2D eigenvalue weighted by Gasteiger charge is -2.40. The summed E-state index contributed by atoms with van der Waals surface area (Å²) in [5, 5.41) is 3.25. The van der Waals surface area contributed by atoms with Crippen LogP contribution in [0.25, 0.3) is 11.0 Å². The summed E-state index contributed by atoms with van der Waals surface area (Å²) in [6, 6.07) is 1.31. The molecule has 0 aliphatic carbocycles. The van der Waals surface area contributed by atoms with Gasteiger partial charge in [-0.05, 0) is 18.6 Å². The van der Waals surface area contributed by atoms with E-state index in [1.165, 1.54) is 6.08 Å². The molecular formula is C18H21F3N4O2. The average Bonchev–Trinajstić information content (AvgIpc) is 3.13. The van der Waals surface area contributed by atoms with Crippen LogP contribution in [-0.4, -0.2) is 52.6 Å². The number of alkyl halides is 3. The predicted molar refractivity (Wildman–Crippen MR) is 95.3 cm³/mol. The molecule has 9 heteroatoms. The summed E-state index contributed by atoms with van der Waals surface area (Å²) in [7, 11) is 0. The van der Waals surface area contributed by atoms with E-state index in [1.54, 1.807) is 17.2 Å². The highest BCUT2D eigenvalue weighted by molar-refractivity contribution is 5.91. The molecule has 2 atom stereocenters. The summed E-state index contributed by atoms with van der Waals surface area (Å²) in [6.07, 6.45) is -0.757. The fraction of sp³-hybridized carbons (Fsp3) is 0.444. The number of aromatic amines is 1. The zero-order valence-corrected chi connectivity index (χ0v) is 14.8. The maximum Gasteiger partial charge on any atom is 0.419 e. The monoisotopic (exact) mass is 382 g/mol. The summed E-state index contributed by atoms with van der Waals surface area (Å²) in [5.41, 5.74) is -0.512. The number of morpholine rings is 1. The lowest BCUT2D eigenvalue weighted by molar-refractivity contribution is -0.140. The normalized spacial score (nSPS) is 20.7. The predicted octanol–water partition coefficient (Wildman–Crippen LogP) is 3.19. The van der Waals surface area contributed by atoms with Gasteiger partial charge in [0, 0.05) is 30.9 Å². The molecule has 0 saturated carbocycles. The van der Waals surface area contributed by atoms with Gasteiger partial charge in [0.05, 0.1) is 30.0 Å². The van der Waals surface area contributed by atoms with Crippen molar-refractivity contribution in [2.24, 2.45) is 0 Å². The Kier molecular flexibility index (Phi) is 5.41. The fourth-order valence-electron chi connectivity index (χ4n) is 3.47. The highest BCUT2D eigenvalue weighted by Crippen LogP contribution is 2.38. The number of rotatable bonds is 5. The van der Waals surface area contributed by atoms with Crippen LogP contribution in [-0.2, 0) is 15.7 Å². The van der Waals surface area contributed by atoms with E-state index in [1.807, 2.05) is 6.92 Å². The van der Waals surface area contributed by atoms with Gasteiger partial charge in [-0.1, -0.05) is 13.5 Å². The van der Waals surface area contributed by atoms with Crippen LogP contribution in [0.4, 0.5) is 18.9 Å². The first-order valence-corrected chi connectivity index (χ1v) is 8.68. The fourth-order valence-corrected chi connectivity index (χ4v) is 3.47. The molecule has 0 aromatic carbocycles. The Hall–Kier alpha value is -2.55. The third kappa shape index (κ3) is 3.78. The highest BCUT2D eigenvalue weighted by Gasteiger charge is 2.37. The number of fused-ring (bicyclic) bond motifs is 1. The molecule has 146 valence electrons. The van der Waals surface area contributed by atoms with Gasteiger partial charge in [0.1, 0.15) is 5.65 Å². The molecule has 1 amide bonds. The van der Waals surface area contributed by atoms with Crippen LogP contribution in [0.15, 0.2) is 31.1 Å². The Labute approximate surface area is 154 Å². The second-order valence-electron chi connectivity index (χ2n) is 6.29. The molecule has 2 N–H and O–H groups in total. The quantitative estimate of drug-likeness (QED) is 0.780. The van der Waals surface area contributed by atoms with E-state index in [4.69, 9.17) is 4.74 Å². The molecule has 2 aromatic heterocycles. The van der Waals surface area contributed by atoms with Gasteiger partial charge in [0.2, 0.25) is 5.91 Å². The van der Waals surface area contributed by atoms with Gasteiger partial charge in [0.15, 0.2) is 0 Å². The molecule has 3 rings (SSSR count). The summed E-state index contributed by atoms with van der Waals surface area (Å²) in [5.74, 6) is -0.205. The zero-order chi connectivity index (χ0) is 19.6. The van der Waals surface area contributed by atoms with E-state index in [0.29, 0.717) is 30.6 Å². The minimum atomic E-state index is -4.54. The maximum atomic E-state index is 13.4. The van der Waals surface area contributed by atoms with Gasteiger partial charge in [-0.25, -0.2) is 4.98 Å². The number of ether oxygens (including phenoxy) is 1. The van der Waals surface area contributed by atoms with Gasteiger partial charge >= 0.3 is 6.18 Å². The number of hydrogen-bond acceptors (Lipinski definition) is 4. The molecular weight excluding hydrogens is 361 g/mol. The molecule has 1 aliphatic rings. The number of carbonyl (C=O) groups is 1. The molecule has 1 saturated heterocycles. The Balaban J connectivity index is 1.86. The lowest BCUT2D eigenvalue weighted by Crippen LogP contribution is -2.55. The Morgan fingerprint density at radius 3 is 3.00 bits per heavy atom. The largest absolute Gasteiger partial charge is 0.419 e. The number of anilines is 1. The number of aromatic nitrogens is 2. The molecule has 0 unspecified atom stereocenters. The van der Waals surface area contributed by atoms with Crippen molar-refractivity contribution in [2.45, 2.75) is 31.7 Å². The van der Waals surface area contributed by atoms with Crippen molar-refractivity contribution in [1.82, 2.24) is 14.9 Å². The first kappa shape index (κ1) is 19.2. The van der Waals surface area contributed by atoms with E-state index >= 15 is 0 Å². The van der Waals surface area contributed by atoms with E-state index in [2.05, 4.69) is 21.9 Å². The van der Waals surface area contributed by atoms with Crippen molar-refractivity contribution >= 4 is 22.6 Å². The third-order valence-electron chi connectivity index (χ3n) is 4.74. The average molecular weight is 382 g/mol. The van der Waals surface area contributed by atoms with Crippen LogP contribution < -0.4 is 5.32 Å². The molecule has 0 radical (unpaired) electrons. The van der Waals surface area contributed by atoms with E-state index in [-0.39, 0.29) is 24.2 Å². The molecule has 27 heavy (non-hydrogen) atoms. The first-order valence-electron chi connectivity index (χ1n) is 8.68. The van der Waals surface area contributed by atoms with Crippen molar-refractivity contribution in [3.05, 3.63) is 36.7 Å². The molecule has 0 spiro atoms. The van der Waals surface area contributed by atoms with Gasteiger partial charge in [-0.2, -0.15) is 13.2 Å². The summed E-state index contributed by atoms with van der Waals surface area (Å²) < 4.78 is 46.0. The molecule has 3 heterocycles. The van der Waals surface area contributed by atoms with Crippen molar-refractivity contribution in [1.29, 1.82) is 0 Å². The van der Waals surface area contributed by atoms with Crippen LogP contribution in [0, 0.1) is 0 Å². The van der Waals surface area contributed by atoms with Crippen molar-refractivity contribution in [2.75, 3.05) is 25.0 Å². The SMILES string of the molecule is C=CC(=O)N1CCO[C@H](CNc2c(C(F)(F)F)cnc3[nH]ccc23)[C@@H]1CC. The van der Waals surface area contributed by atoms with Gasteiger partial charge in [-0.3, -0.25) is 4.79 Å². The van der Waals surface area contributed by atoms with Gasteiger partial charge < -0.3 is 19.9 Å². The topological polar surface area (TPSA) is 70.2 Å². The van der Waals surface area contributed by atoms with Crippen molar-refractivity contribution in [3.63, 3.8) is 0 Å². The number of amides is 1.